The number of alkyl carbamates (subject to hydrolysis) is 1. The second-order valence-corrected chi connectivity index (χ2v) is 7.95. The first-order valence-electron chi connectivity index (χ1n) is 9.17. The Labute approximate surface area is 154 Å². The number of hydrogen-bond donors (Lipinski definition) is 3. The maximum absolute atomic E-state index is 12.3. The zero-order valence-corrected chi connectivity index (χ0v) is 16.1. The van der Waals surface area contributed by atoms with Crippen LogP contribution in [-0.2, 0) is 4.74 Å². The van der Waals surface area contributed by atoms with E-state index in [-0.39, 0.29) is 6.03 Å². The van der Waals surface area contributed by atoms with Crippen LogP contribution in [0.5, 0.6) is 0 Å². The highest BCUT2D eigenvalue weighted by molar-refractivity contribution is 5.88. The average molecular weight is 366 g/mol. The standard InChI is InChI=1S/C18H30N4O4/c1-13-11-14(22-26-13)20-15(23)19-12-18(9-7-5-6-8-10-18)21-16(24)25-17(2,3)4/h11H,5-10,12H2,1-4H3,(H,21,24)(H2,19,20,22,23). The van der Waals surface area contributed by atoms with Crippen molar-refractivity contribution in [1.29, 1.82) is 0 Å². The van der Waals surface area contributed by atoms with Crippen molar-refractivity contribution >= 4 is 17.9 Å². The molecule has 0 unspecified atom stereocenters. The molecule has 146 valence electrons. The van der Waals surface area contributed by atoms with E-state index < -0.39 is 17.2 Å². The lowest BCUT2D eigenvalue weighted by Crippen LogP contribution is -2.56. The number of amides is 3. The molecule has 1 aliphatic carbocycles. The summed E-state index contributed by atoms with van der Waals surface area (Å²) < 4.78 is 10.3. The minimum atomic E-state index is -0.564. The number of nitrogens with one attached hydrogen (secondary N) is 3. The third-order valence-electron chi connectivity index (χ3n) is 4.28. The number of aromatic nitrogens is 1. The van der Waals surface area contributed by atoms with E-state index in [1.54, 1.807) is 13.0 Å². The van der Waals surface area contributed by atoms with Crippen LogP contribution in [0.2, 0.25) is 0 Å². The van der Waals surface area contributed by atoms with Gasteiger partial charge in [-0.05, 0) is 40.5 Å². The van der Waals surface area contributed by atoms with E-state index in [4.69, 9.17) is 9.26 Å². The zero-order chi connectivity index (χ0) is 19.2. The van der Waals surface area contributed by atoms with Crippen LogP contribution in [0.25, 0.3) is 0 Å². The first kappa shape index (κ1) is 20.1. The molecule has 1 aromatic rings. The van der Waals surface area contributed by atoms with Gasteiger partial charge in [-0.25, -0.2) is 9.59 Å². The summed E-state index contributed by atoms with van der Waals surface area (Å²) in [5, 5.41) is 12.2. The van der Waals surface area contributed by atoms with Gasteiger partial charge in [0.2, 0.25) is 0 Å². The lowest BCUT2D eigenvalue weighted by Gasteiger charge is -2.35. The summed E-state index contributed by atoms with van der Waals surface area (Å²) in [6.45, 7) is 7.57. The van der Waals surface area contributed by atoms with Gasteiger partial charge in [-0.2, -0.15) is 0 Å². The van der Waals surface area contributed by atoms with E-state index in [1.807, 2.05) is 20.8 Å². The Morgan fingerprint density at radius 3 is 2.42 bits per heavy atom. The van der Waals surface area contributed by atoms with Crippen molar-refractivity contribution in [2.45, 2.75) is 77.4 Å². The van der Waals surface area contributed by atoms with Crippen molar-refractivity contribution in [3.63, 3.8) is 0 Å². The molecule has 3 amide bonds. The van der Waals surface area contributed by atoms with E-state index in [0.29, 0.717) is 18.1 Å². The fourth-order valence-corrected chi connectivity index (χ4v) is 3.11. The number of aryl methyl sites for hydroxylation is 1. The summed E-state index contributed by atoms with van der Waals surface area (Å²) >= 11 is 0. The highest BCUT2D eigenvalue weighted by Crippen LogP contribution is 2.27. The third kappa shape index (κ3) is 6.57. The summed E-state index contributed by atoms with van der Waals surface area (Å²) in [7, 11) is 0. The molecule has 3 N–H and O–H groups in total. The minimum Gasteiger partial charge on any atom is -0.444 e. The summed E-state index contributed by atoms with van der Waals surface area (Å²) in [4.78, 5) is 24.5. The van der Waals surface area contributed by atoms with Crippen LogP contribution in [0.15, 0.2) is 10.6 Å². The maximum Gasteiger partial charge on any atom is 0.408 e. The van der Waals surface area contributed by atoms with Gasteiger partial charge in [-0.1, -0.05) is 30.8 Å². The Kier molecular flexibility index (Phi) is 6.50. The largest absolute Gasteiger partial charge is 0.444 e. The fraction of sp³-hybridized carbons (Fsp3) is 0.722. The molecule has 0 saturated heterocycles. The van der Waals surface area contributed by atoms with Gasteiger partial charge < -0.3 is 19.9 Å². The van der Waals surface area contributed by atoms with Crippen molar-refractivity contribution in [3.05, 3.63) is 11.8 Å². The van der Waals surface area contributed by atoms with E-state index in [0.717, 1.165) is 38.5 Å². The Hall–Kier alpha value is -2.25. The molecule has 0 radical (unpaired) electrons. The van der Waals surface area contributed by atoms with E-state index in [2.05, 4.69) is 21.1 Å². The zero-order valence-electron chi connectivity index (χ0n) is 16.1. The summed E-state index contributed by atoms with van der Waals surface area (Å²) in [6.07, 6.45) is 5.41. The average Bonchev–Trinajstić information content (AvgIpc) is 2.78. The number of urea groups is 1. The molecule has 2 rings (SSSR count). The van der Waals surface area contributed by atoms with Crippen LogP contribution >= 0.6 is 0 Å². The lowest BCUT2D eigenvalue weighted by atomic mass is 9.90. The number of carbonyl (C=O) groups excluding carboxylic acids is 2. The summed E-state index contributed by atoms with van der Waals surface area (Å²) in [6, 6.07) is 1.26. The van der Waals surface area contributed by atoms with Gasteiger partial charge >= 0.3 is 12.1 Å². The molecule has 0 aliphatic heterocycles. The number of anilines is 1. The predicted octanol–water partition coefficient (Wildman–Crippen LogP) is 3.72. The van der Waals surface area contributed by atoms with Gasteiger partial charge in [-0.15, -0.1) is 0 Å². The second-order valence-electron chi connectivity index (χ2n) is 7.95. The van der Waals surface area contributed by atoms with Crippen molar-refractivity contribution in [2.24, 2.45) is 0 Å². The first-order valence-corrected chi connectivity index (χ1v) is 9.17. The van der Waals surface area contributed by atoms with Gasteiger partial charge in [0.05, 0.1) is 5.54 Å². The number of carbonyl (C=O) groups is 2. The van der Waals surface area contributed by atoms with Crippen LogP contribution < -0.4 is 16.0 Å². The monoisotopic (exact) mass is 366 g/mol. The molecule has 0 bridgehead atoms. The quantitative estimate of drug-likeness (QED) is 0.704. The van der Waals surface area contributed by atoms with Crippen LogP contribution in [0, 0.1) is 6.92 Å². The molecular weight excluding hydrogens is 336 g/mol. The maximum atomic E-state index is 12.3. The molecular formula is C18H30N4O4. The van der Waals surface area contributed by atoms with E-state index >= 15 is 0 Å². The van der Waals surface area contributed by atoms with Gasteiger partial charge in [0.15, 0.2) is 5.82 Å². The molecule has 1 fully saturated rings. The van der Waals surface area contributed by atoms with E-state index in [1.165, 1.54) is 0 Å². The number of nitrogens with zero attached hydrogens (tertiary/aromatic N) is 1. The fourth-order valence-electron chi connectivity index (χ4n) is 3.11. The van der Waals surface area contributed by atoms with Crippen molar-refractivity contribution in [3.8, 4) is 0 Å². The third-order valence-corrected chi connectivity index (χ3v) is 4.28. The summed E-state index contributed by atoms with van der Waals surface area (Å²) in [5.41, 5.74) is -1.07. The highest BCUT2D eigenvalue weighted by Gasteiger charge is 2.34. The van der Waals surface area contributed by atoms with Crippen LogP contribution in [0.3, 0.4) is 0 Å². The predicted molar refractivity (Wildman–Crippen MR) is 98.1 cm³/mol. The topological polar surface area (TPSA) is 105 Å². The van der Waals surface area contributed by atoms with Crippen molar-refractivity contribution in [2.75, 3.05) is 11.9 Å². The molecule has 1 saturated carbocycles. The molecule has 0 aromatic carbocycles. The molecule has 0 spiro atoms. The summed E-state index contributed by atoms with van der Waals surface area (Å²) in [5.74, 6) is 0.974. The van der Waals surface area contributed by atoms with Crippen LogP contribution in [0.4, 0.5) is 15.4 Å². The Morgan fingerprint density at radius 2 is 1.88 bits per heavy atom. The number of rotatable bonds is 4. The molecule has 26 heavy (non-hydrogen) atoms. The van der Waals surface area contributed by atoms with Gasteiger partial charge in [0.25, 0.3) is 0 Å². The lowest BCUT2D eigenvalue weighted by molar-refractivity contribution is 0.0442. The smallest absolute Gasteiger partial charge is 0.408 e. The van der Waals surface area contributed by atoms with Gasteiger partial charge in [-0.3, -0.25) is 5.32 Å². The first-order chi connectivity index (χ1) is 12.2. The van der Waals surface area contributed by atoms with Crippen molar-refractivity contribution in [1.82, 2.24) is 15.8 Å². The Balaban J connectivity index is 1.97. The molecule has 1 heterocycles. The Bertz CT molecular complexity index is 613. The highest BCUT2D eigenvalue weighted by atomic mass is 16.6. The normalized spacial score (nSPS) is 17.1. The van der Waals surface area contributed by atoms with Gasteiger partial charge in [0, 0.05) is 12.6 Å². The molecule has 8 nitrogen and oxygen atoms in total. The van der Waals surface area contributed by atoms with Crippen molar-refractivity contribution < 1.29 is 18.8 Å². The SMILES string of the molecule is Cc1cc(NC(=O)NCC2(NC(=O)OC(C)(C)C)CCCCCC2)no1. The number of hydrogen-bond acceptors (Lipinski definition) is 5. The van der Waals surface area contributed by atoms with Crippen LogP contribution in [0.1, 0.15) is 65.1 Å². The second kappa shape index (κ2) is 8.42. The molecule has 8 heteroatoms. The molecule has 1 aromatic heterocycles. The number of ether oxygens (including phenoxy) is 1. The Morgan fingerprint density at radius 1 is 1.23 bits per heavy atom. The van der Waals surface area contributed by atoms with Gasteiger partial charge in [0.1, 0.15) is 11.4 Å². The molecule has 1 aliphatic rings. The van der Waals surface area contributed by atoms with Crippen LogP contribution in [-0.4, -0.2) is 35.0 Å². The minimum absolute atomic E-state index is 0.328. The van der Waals surface area contributed by atoms with E-state index in [9.17, 15) is 9.59 Å². The molecule has 0 atom stereocenters.